The van der Waals surface area contributed by atoms with Crippen LogP contribution < -0.4 is 0 Å². The first-order chi connectivity index (χ1) is 28.8. The molecule has 0 amide bonds. The molecule has 1 fully saturated rings. The van der Waals surface area contributed by atoms with Crippen molar-refractivity contribution in [1.29, 1.82) is 0 Å². The molecule has 0 aliphatic carbocycles. The van der Waals surface area contributed by atoms with Gasteiger partial charge in [-0.2, -0.15) is 0 Å². The number of esters is 2. The molecular weight excluding hydrogens is 749 g/mol. The summed E-state index contributed by atoms with van der Waals surface area (Å²) in [6.45, 7) is 3.13. The van der Waals surface area contributed by atoms with Crippen molar-refractivity contribution in [1.82, 2.24) is 0 Å². The lowest BCUT2D eigenvalue weighted by atomic mass is 9.99. The summed E-state index contributed by atoms with van der Waals surface area (Å²) >= 11 is 0. The van der Waals surface area contributed by atoms with Crippen molar-refractivity contribution in [3.05, 3.63) is 109 Å². The lowest BCUT2D eigenvalue weighted by molar-refractivity contribution is -0.305. The Labute approximate surface area is 355 Å². The number of hydrogen-bond donors (Lipinski definition) is 4. The third-order valence-corrected chi connectivity index (χ3v) is 9.16. The smallest absolute Gasteiger partial charge is 0.306 e. The van der Waals surface area contributed by atoms with Gasteiger partial charge >= 0.3 is 11.9 Å². The maximum absolute atomic E-state index is 12.7. The van der Waals surface area contributed by atoms with Crippen LogP contribution in [0.3, 0.4) is 0 Å². The molecule has 1 aliphatic heterocycles. The van der Waals surface area contributed by atoms with Crippen molar-refractivity contribution in [3.63, 3.8) is 0 Å². The Balaban J connectivity index is 2.44. The zero-order chi connectivity index (χ0) is 43.0. The Morgan fingerprint density at radius 1 is 0.542 bits per heavy atom. The lowest BCUT2D eigenvalue weighted by Gasteiger charge is -2.39. The largest absolute Gasteiger partial charge is 0.462 e. The predicted molar refractivity (Wildman–Crippen MR) is 237 cm³/mol. The first-order valence-corrected chi connectivity index (χ1v) is 22.0. The Hall–Kier alpha value is -3.64. The summed E-state index contributed by atoms with van der Waals surface area (Å²) in [6.07, 6.45) is 45.4. The van der Waals surface area contributed by atoms with Crippen molar-refractivity contribution in [3.8, 4) is 0 Å². The van der Waals surface area contributed by atoms with Crippen molar-refractivity contribution in [2.24, 2.45) is 0 Å². The van der Waals surface area contributed by atoms with Crippen molar-refractivity contribution >= 4 is 11.9 Å². The Morgan fingerprint density at radius 3 is 1.51 bits per heavy atom. The van der Waals surface area contributed by atoms with Gasteiger partial charge in [0.05, 0.1) is 13.2 Å². The number of carbonyl (C=O) groups is 2. The van der Waals surface area contributed by atoms with E-state index in [0.29, 0.717) is 12.8 Å². The average molecular weight is 825 g/mol. The molecule has 1 rings (SSSR count). The molecule has 332 valence electrons. The molecule has 10 heteroatoms. The van der Waals surface area contributed by atoms with E-state index in [9.17, 15) is 30.0 Å². The summed E-state index contributed by atoms with van der Waals surface area (Å²) in [5.41, 5.74) is 0. The van der Waals surface area contributed by atoms with E-state index in [1.165, 1.54) is 19.3 Å². The minimum absolute atomic E-state index is 0.135. The minimum Gasteiger partial charge on any atom is -0.462 e. The molecule has 0 spiro atoms. The summed E-state index contributed by atoms with van der Waals surface area (Å²) in [5.74, 6) is -0.963. The predicted octanol–water partition coefficient (Wildman–Crippen LogP) is 9.33. The number of ether oxygens (including phenoxy) is 4. The molecule has 59 heavy (non-hydrogen) atoms. The van der Waals surface area contributed by atoms with Gasteiger partial charge in [-0.25, -0.2) is 0 Å². The van der Waals surface area contributed by atoms with Crippen LogP contribution in [0.5, 0.6) is 0 Å². The maximum atomic E-state index is 12.7. The summed E-state index contributed by atoms with van der Waals surface area (Å²) in [4.78, 5) is 25.3. The molecule has 0 aromatic rings. The van der Waals surface area contributed by atoms with Gasteiger partial charge in [0.15, 0.2) is 12.4 Å². The van der Waals surface area contributed by atoms with Crippen LogP contribution in [0.2, 0.25) is 0 Å². The first kappa shape index (κ1) is 53.4. The number of carbonyl (C=O) groups excluding carboxylic acids is 2. The van der Waals surface area contributed by atoms with E-state index in [1.807, 2.05) is 12.2 Å². The first-order valence-electron chi connectivity index (χ1n) is 22.0. The van der Waals surface area contributed by atoms with Gasteiger partial charge in [0.1, 0.15) is 31.0 Å². The van der Waals surface area contributed by atoms with E-state index in [0.717, 1.165) is 70.6 Å². The Bertz CT molecular complexity index is 1320. The number of hydrogen-bond acceptors (Lipinski definition) is 10. The fraction of sp³-hybridized carbons (Fsp3) is 0.592. The normalized spacial score (nSPS) is 21.1. The summed E-state index contributed by atoms with van der Waals surface area (Å²) < 4.78 is 22.0. The van der Waals surface area contributed by atoms with Crippen LogP contribution in [-0.4, -0.2) is 89.0 Å². The maximum Gasteiger partial charge on any atom is 0.306 e. The van der Waals surface area contributed by atoms with Crippen LogP contribution in [0.4, 0.5) is 0 Å². The van der Waals surface area contributed by atoms with Gasteiger partial charge < -0.3 is 39.4 Å². The standard InChI is InChI=1S/C49H76O10/c1-3-5-7-9-11-13-15-17-19-20-21-22-24-25-27-29-31-33-35-37-44(51)56-40-42(41-57-49-48(55)47(54)46(53)43(39-50)59-49)58-45(52)38-36-34-32-30-28-26-23-18-16-14-12-10-8-6-4-2/h5,7,11-14,17-19,21-23,25,27-28,30-31,33,42-43,46-50,53-55H,3-4,6,8-10,15-16,20,24,26,29,32,34-41H2,1-2H3/b7-5+,13-11+,14-12+,19-17+,22-21+,23-18+,27-25+,30-28+,33-31+/t42-,43-,46+,47?,48?,49-/m0/s1. The third-order valence-electron chi connectivity index (χ3n) is 9.16. The highest BCUT2D eigenvalue weighted by Gasteiger charge is 2.44. The molecule has 0 bridgehead atoms. The molecule has 4 N–H and O–H groups in total. The van der Waals surface area contributed by atoms with Crippen LogP contribution in [0.25, 0.3) is 0 Å². The second-order valence-electron chi connectivity index (χ2n) is 14.4. The molecule has 1 aliphatic rings. The van der Waals surface area contributed by atoms with Gasteiger partial charge in [-0.15, -0.1) is 0 Å². The van der Waals surface area contributed by atoms with Gasteiger partial charge in [0.2, 0.25) is 0 Å². The van der Waals surface area contributed by atoms with Crippen molar-refractivity contribution in [2.75, 3.05) is 19.8 Å². The third kappa shape index (κ3) is 30.1. The van der Waals surface area contributed by atoms with Crippen molar-refractivity contribution < 1.29 is 49.0 Å². The second kappa shape index (κ2) is 38.6. The highest BCUT2D eigenvalue weighted by atomic mass is 16.7. The Morgan fingerprint density at radius 2 is 1.02 bits per heavy atom. The highest BCUT2D eigenvalue weighted by Crippen LogP contribution is 2.22. The molecule has 1 heterocycles. The van der Waals surface area contributed by atoms with Crippen LogP contribution in [0, 0.1) is 0 Å². The molecular formula is C49H76O10. The molecule has 10 nitrogen and oxygen atoms in total. The number of aliphatic hydroxyl groups excluding tert-OH is 4. The summed E-state index contributed by atoms with van der Waals surface area (Å²) in [7, 11) is 0. The Kier molecular flexibility index (Phi) is 34.9. The zero-order valence-electron chi connectivity index (χ0n) is 35.9. The fourth-order valence-electron chi connectivity index (χ4n) is 5.69. The van der Waals surface area contributed by atoms with E-state index in [1.54, 1.807) is 0 Å². The number of allylic oxidation sites excluding steroid dienone is 18. The van der Waals surface area contributed by atoms with E-state index in [-0.39, 0.29) is 26.1 Å². The lowest BCUT2D eigenvalue weighted by Crippen LogP contribution is -2.59. The van der Waals surface area contributed by atoms with E-state index >= 15 is 0 Å². The topological polar surface area (TPSA) is 152 Å². The quantitative estimate of drug-likeness (QED) is 0.0281. The number of aliphatic hydroxyl groups is 4. The van der Waals surface area contributed by atoms with E-state index in [2.05, 4.69) is 111 Å². The fourth-order valence-corrected chi connectivity index (χ4v) is 5.69. The molecule has 2 unspecified atom stereocenters. The van der Waals surface area contributed by atoms with Crippen LogP contribution >= 0.6 is 0 Å². The molecule has 0 radical (unpaired) electrons. The van der Waals surface area contributed by atoms with Crippen LogP contribution in [0.15, 0.2) is 109 Å². The number of rotatable bonds is 34. The highest BCUT2D eigenvalue weighted by molar-refractivity contribution is 5.70. The monoisotopic (exact) mass is 825 g/mol. The zero-order valence-corrected chi connectivity index (χ0v) is 35.9. The SMILES string of the molecule is CC/C=C/C/C=C/C/C=C/C/C=C/C/C=C/C/C=C/CCC(=O)OC[C@@H](CO[C@H]1O[C@@H](CO)[C@@H](O)C(O)C1O)OC(=O)CCCC/C=C/C/C=C/C/C=C/CCCCC. The minimum atomic E-state index is -1.62. The number of unbranched alkanes of at least 4 members (excludes halogenated alkanes) is 5. The summed E-state index contributed by atoms with van der Waals surface area (Å²) in [5, 5.41) is 40.0. The van der Waals surface area contributed by atoms with Crippen molar-refractivity contribution in [2.45, 2.75) is 166 Å². The van der Waals surface area contributed by atoms with Crippen LogP contribution in [0.1, 0.15) is 129 Å². The van der Waals surface area contributed by atoms with Gasteiger partial charge in [0.25, 0.3) is 0 Å². The molecule has 0 aromatic carbocycles. The van der Waals surface area contributed by atoms with E-state index < -0.39 is 55.4 Å². The van der Waals surface area contributed by atoms with Gasteiger partial charge in [0, 0.05) is 12.8 Å². The summed E-state index contributed by atoms with van der Waals surface area (Å²) in [6, 6.07) is 0. The van der Waals surface area contributed by atoms with Crippen LogP contribution in [-0.2, 0) is 28.5 Å². The second-order valence-corrected chi connectivity index (χ2v) is 14.4. The molecule has 6 atom stereocenters. The molecule has 1 saturated heterocycles. The van der Waals surface area contributed by atoms with E-state index in [4.69, 9.17) is 18.9 Å². The van der Waals surface area contributed by atoms with Gasteiger partial charge in [-0.1, -0.05) is 136 Å². The molecule has 0 aromatic heterocycles. The average Bonchev–Trinajstić information content (AvgIpc) is 3.23. The van der Waals surface area contributed by atoms with Gasteiger partial charge in [-0.3, -0.25) is 9.59 Å². The van der Waals surface area contributed by atoms with Gasteiger partial charge in [-0.05, 0) is 89.9 Å². The molecule has 0 saturated carbocycles.